The molecule has 0 aliphatic carbocycles. The molecule has 0 radical (unpaired) electrons. The zero-order chi connectivity index (χ0) is 17.9. The van der Waals surface area contributed by atoms with E-state index in [4.69, 9.17) is 4.79 Å². The quantitative estimate of drug-likeness (QED) is 0.790. The molecular weight excluding hydrogens is 300 g/mol. The number of hydrogen-bond donors (Lipinski definition) is 0. The topological polar surface area (TPSA) is 68.3 Å². The van der Waals surface area contributed by atoms with E-state index in [1.807, 2.05) is 26.7 Å². The van der Waals surface area contributed by atoms with Crippen LogP contribution in [0.4, 0.5) is 0 Å². The lowest BCUT2D eigenvalue weighted by Gasteiger charge is -2.15. The van der Waals surface area contributed by atoms with Crippen LogP contribution in [0.3, 0.4) is 0 Å². The van der Waals surface area contributed by atoms with Gasteiger partial charge in [-0.15, -0.1) is 0 Å². The lowest BCUT2D eigenvalue weighted by molar-refractivity contribution is -0.0980. The van der Waals surface area contributed by atoms with Crippen molar-refractivity contribution in [1.29, 1.82) is 0 Å². The summed E-state index contributed by atoms with van der Waals surface area (Å²) in [6.45, 7) is 13.4. The highest BCUT2D eigenvalue weighted by Crippen LogP contribution is 2.27. The number of aryl methyl sites for hydroxylation is 2. The molecule has 0 bridgehead atoms. The first-order valence-electron chi connectivity index (χ1n) is 7.40. The fourth-order valence-corrected chi connectivity index (χ4v) is 3.53. The molecule has 4 nitrogen and oxygen atoms in total. The second kappa shape index (κ2) is 11.1. The van der Waals surface area contributed by atoms with E-state index in [2.05, 4.69) is 13.8 Å². The van der Waals surface area contributed by atoms with Crippen LogP contribution in [0.15, 0.2) is 11.0 Å². The first kappa shape index (κ1) is 22.8. The first-order chi connectivity index (χ1) is 10.3. The Bertz CT molecular complexity index is 575. The van der Waals surface area contributed by atoms with Crippen LogP contribution in [-0.2, 0) is 21.1 Å². The summed E-state index contributed by atoms with van der Waals surface area (Å²) in [4.78, 5) is 19.4. The second-order valence-corrected chi connectivity index (χ2v) is 7.03. The zero-order valence-corrected chi connectivity index (χ0v) is 15.3. The Balaban J connectivity index is 0. The summed E-state index contributed by atoms with van der Waals surface area (Å²) in [5.74, 6) is 0.0148. The lowest BCUT2D eigenvalue weighted by atomic mass is 9.97. The van der Waals surface area contributed by atoms with Crippen molar-refractivity contribution < 1.29 is 18.0 Å². The largest absolute Gasteiger partial charge is 0.307 e. The van der Waals surface area contributed by atoms with Crippen molar-refractivity contribution in [2.45, 2.75) is 59.3 Å². The minimum atomic E-state index is -3.35. The van der Waals surface area contributed by atoms with Crippen molar-refractivity contribution in [1.82, 2.24) is 0 Å². The van der Waals surface area contributed by atoms with Gasteiger partial charge in [0, 0.05) is 5.56 Å². The van der Waals surface area contributed by atoms with Gasteiger partial charge in [0.2, 0.25) is 0 Å². The molecule has 0 aromatic heterocycles. The average Bonchev–Trinajstić information content (AvgIpc) is 2.49. The van der Waals surface area contributed by atoms with Crippen molar-refractivity contribution in [3.05, 3.63) is 28.3 Å². The third-order valence-electron chi connectivity index (χ3n) is 3.00. The molecule has 5 heteroatoms. The molecule has 0 aliphatic rings. The molecular formula is C17H28O4S. The molecule has 0 unspecified atom stereocenters. The molecule has 1 aromatic carbocycles. The molecule has 0 saturated heterocycles. The highest BCUT2D eigenvalue weighted by Gasteiger charge is 2.22. The monoisotopic (exact) mass is 328 g/mol. The van der Waals surface area contributed by atoms with Crippen molar-refractivity contribution in [3.63, 3.8) is 0 Å². The van der Waals surface area contributed by atoms with E-state index in [0.29, 0.717) is 23.8 Å². The second-order valence-electron chi connectivity index (χ2n) is 4.81. The van der Waals surface area contributed by atoms with Crippen molar-refractivity contribution in [3.8, 4) is 0 Å². The minimum absolute atomic E-state index is 0.0148. The molecule has 0 heterocycles. The predicted octanol–water partition coefficient (Wildman–Crippen LogP) is 3.70. The van der Waals surface area contributed by atoms with E-state index in [-0.39, 0.29) is 10.6 Å². The van der Waals surface area contributed by atoms with E-state index in [0.717, 1.165) is 11.1 Å². The molecule has 1 rings (SSSR count). The fourth-order valence-electron chi connectivity index (χ4n) is 2.19. The third-order valence-corrected chi connectivity index (χ3v) is 4.92. The molecule has 22 heavy (non-hydrogen) atoms. The SMILES string of the molecule is C=O.CCC.CCc1c(C)cc(C)c(S(=O)(=O)CC)c1C=O. The average molecular weight is 328 g/mol. The van der Waals surface area contributed by atoms with Gasteiger partial charge in [0.25, 0.3) is 0 Å². The van der Waals surface area contributed by atoms with E-state index in [9.17, 15) is 13.2 Å². The van der Waals surface area contributed by atoms with Gasteiger partial charge >= 0.3 is 0 Å². The number of sulfone groups is 1. The van der Waals surface area contributed by atoms with Crippen molar-refractivity contribution >= 4 is 22.9 Å². The van der Waals surface area contributed by atoms with Crippen LogP contribution >= 0.6 is 0 Å². The van der Waals surface area contributed by atoms with Gasteiger partial charge in [-0.05, 0) is 37.0 Å². The first-order valence-corrected chi connectivity index (χ1v) is 9.05. The third kappa shape index (κ3) is 5.72. The summed E-state index contributed by atoms with van der Waals surface area (Å²) in [5.41, 5.74) is 2.80. The van der Waals surface area contributed by atoms with Gasteiger partial charge in [-0.3, -0.25) is 4.79 Å². The number of benzene rings is 1. The normalized spacial score (nSPS) is 9.91. The zero-order valence-electron chi connectivity index (χ0n) is 14.5. The summed E-state index contributed by atoms with van der Waals surface area (Å²) in [5, 5.41) is 0. The molecule has 0 atom stereocenters. The summed E-state index contributed by atoms with van der Waals surface area (Å²) >= 11 is 0. The van der Waals surface area contributed by atoms with Gasteiger partial charge < -0.3 is 4.79 Å². The Morgan fingerprint density at radius 3 is 1.82 bits per heavy atom. The smallest absolute Gasteiger partial charge is 0.179 e. The molecule has 1 aromatic rings. The van der Waals surface area contributed by atoms with Gasteiger partial charge in [-0.25, -0.2) is 8.42 Å². The van der Waals surface area contributed by atoms with Gasteiger partial charge in [-0.2, -0.15) is 0 Å². The van der Waals surface area contributed by atoms with Gasteiger partial charge in [0.15, 0.2) is 16.1 Å². The summed E-state index contributed by atoms with van der Waals surface area (Å²) in [7, 11) is -3.35. The molecule has 0 saturated carbocycles. The maximum absolute atomic E-state index is 12.0. The number of hydrogen-bond acceptors (Lipinski definition) is 4. The van der Waals surface area contributed by atoms with Crippen molar-refractivity contribution in [2.75, 3.05) is 5.75 Å². The van der Waals surface area contributed by atoms with E-state index < -0.39 is 9.84 Å². The van der Waals surface area contributed by atoms with Crippen LogP contribution < -0.4 is 0 Å². The molecule has 0 fully saturated rings. The number of carbonyl (C=O) groups is 2. The number of rotatable bonds is 4. The van der Waals surface area contributed by atoms with Crippen LogP contribution in [0, 0.1) is 13.8 Å². The fraction of sp³-hybridized carbons (Fsp3) is 0.529. The van der Waals surface area contributed by atoms with Gasteiger partial charge in [0.1, 0.15) is 6.79 Å². The maximum atomic E-state index is 12.0. The Hall–Kier alpha value is -1.49. The highest BCUT2D eigenvalue weighted by molar-refractivity contribution is 7.91. The van der Waals surface area contributed by atoms with Crippen LogP contribution in [0.25, 0.3) is 0 Å². The van der Waals surface area contributed by atoms with Crippen LogP contribution in [0.2, 0.25) is 0 Å². The standard InChI is InChI=1S/C13H18O3S.C3H8.CH2O/c1-5-11-9(3)7-10(4)13(12(11)8-14)17(15,16)6-2;1-3-2;1-2/h7-8H,5-6H2,1-4H3;3H2,1-2H3;1H2. The molecule has 0 N–H and O–H groups in total. The Morgan fingerprint density at radius 1 is 1.05 bits per heavy atom. The number of aldehydes is 1. The Morgan fingerprint density at radius 2 is 1.50 bits per heavy atom. The summed E-state index contributed by atoms with van der Waals surface area (Å²) in [6, 6.07) is 1.84. The predicted molar refractivity (Wildman–Crippen MR) is 91.5 cm³/mol. The molecule has 0 amide bonds. The molecule has 0 aliphatic heterocycles. The van der Waals surface area contributed by atoms with E-state index in [1.165, 1.54) is 6.42 Å². The van der Waals surface area contributed by atoms with Gasteiger partial charge in [0.05, 0.1) is 10.6 Å². The van der Waals surface area contributed by atoms with Crippen LogP contribution in [0.5, 0.6) is 0 Å². The summed E-state index contributed by atoms with van der Waals surface area (Å²) < 4.78 is 24.0. The van der Waals surface area contributed by atoms with Gasteiger partial charge in [-0.1, -0.05) is 40.2 Å². The van der Waals surface area contributed by atoms with E-state index in [1.54, 1.807) is 13.8 Å². The molecule has 126 valence electrons. The highest BCUT2D eigenvalue weighted by atomic mass is 32.2. The Kier molecular flexibility index (Phi) is 11.5. The lowest BCUT2D eigenvalue weighted by Crippen LogP contribution is -2.12. The van der Waals surface area contributed by atoms with Crippen molar-refractivity contribution in [2.24, 2.45) is 0 Å². The number of carbonyl (C=O) groups excluding carboxylic acids is 2. The Labute approximate surface area is 134 Å². The van der Waals surface area contributed by atoms with Crippen LogP contribution in [0.1, 0.15) is 61.2 Å². The molecule has 0 spiro atoms. The van der Waals surface area contributed by atoms with E-state index >= 15 is 0 Å². The minimum Gasteiger partial charge on any atom is -0.307 e. The van der Waals surface area contributed by atoms with Crippen LogP contribution in [-0.4, -0.2) is 27.2 Å². The summed E-state index contributed by atoms with van der Waals surface area (Å²) in [6.07, 6.45) is 2.58. The maximum Gasteiger partial charge on any atom is 0.179 e.